The number of hydrogen-bond acceptors (Lipinski definition) is 3. The van der Waals surface area contributed by atoms with Crippen molar-refractivity contribution in [3.05, 3.63) is 89.1 Å². The molecule has 0 spiro atoms. The standard InChI is InChI=1S/C28H39FN2O/c1-8-26(29)13-10-22(5)18-30-14-15-32-28(20-30)27(9-2)31(17-21(3)4)19-25-12-11-23(6)24(7)16-25/h8,10-13,16,21,28H,1-2,14-15,17-20H2,3-7H3/b22-10+,26-13+. The highest BCUT2D eigenvalue weighted by atomic mass is 19.1. The summed E-state index contributed by atoms with van der Waals surface area (Å²) in [5, 5.41) is 0. The number of halogens is 1. The number of morpholine rings is 1. The van der Waals surface area contributed by atoms with Crippen molar-refractivity contribution >= 4 is 0 Å². The van der Waals surface area contributed by atoms with Crippen molar-refractivity contribution < 1.29 is 9.13 Å². The van der Waals surface area contributed by atoms with Gasteiger partial charge >= 0.3 is 0 Å². The molecule has 3 nitrogen and oxygen atoms in total. The first-order valence-electron chi connectivity index (χ1n) is 11.4. The lowest BCUT2D eigenvalue weighted by Crippen LogP contribution is -2.47. The second-order valence-electron chi connectivity index (χ2n) is 9.12. The third-order valence-corrected chi connectivity index (χ3v) is 5.70. The van der Waals surface area contributed by atoms with Crippen molar-refractivity contribution in [3.8, 4) is 0 Å². The summed E-state index contributed by atoms with van der Waals surface area (Å²) in [4.78, 5) is 4.71. The Kier molecular flexibility index (Phi) is 10.2. The van der Waals surface area contributed by atoms with Gasteiger partial charge in [-0.25, -0.2) is 4.39 Å². The molecule has 1 aliphatic rings. The average molecular weight is 439 g/mol. The van der Waals surface area contributed by atoms with Crippen LogP contribution >= 0.6 is 0 Å². The summed E-state index contributed by atoms with van der Waals surface area (Å²) in [6, 6.07) is 6.66. The van der Waals surface area contributed by atoms with Gasteiger partial charge in [0, 0.05) is 32.7 Å². The van der Waals surface area contributed by atoms with Crippen molar-refractivity contribution in [3.63, 3.8) is 0 Å². The van der Waals surface area contributed by atoms with E-state index in [1.165, 1.54) is 28.8 Å². The molecule has 0 radical (unpaired) electrons. The number of allylic oxidation sites excluding steroid dienone is 4. The van der Waals surface area contributed by atoms with E-state index in [0.29, 0.717) is 12.5 Å². The molecule has 1 aliphatic heterocycles. The summed E-state index contributed by atoms with van der Waals surface area (Å²) in [6.45, 7) is 23.0. The molecule has 2 rings (SSSR count). The van der Waals surface area contributed by atoms with Gasteiger partial charge in [-0.05, 0) is 55.5 Å². The van der Waals surface area contributed by atoms with E-state index < -0.39 is 0 Å². The van der Waals surface area contributed by atoms with Gasteiger partial charge in [-0.15, -0.1) is 5.73 Å². The molecule has 0 amide bonds. The Morgan fingerprint density at radius 3 is 2.69 bits per heavy atom. The molecule has 0 saturated carbocycles. The third-order valence-electron chi connectivity index (χ3n) is 5.70. The lowest BCUT2D eigenvalue weighted by atomic mass is 10.0. The van der Waals surface area contributed by atoms with Crippen molar-refractivity contribution in [1.29, 1.82) is 0 Å². The van der Waals surface area contributed by atoms with E-state index in [2.05, 4.69) is 74.6 Å². The maximum Gasteiger partial charge on any atom is 0.122 e. The summed E-state index contributed by atoms with van der Waals surface area (Å²) >= 11 is 0. The first-order valence-corrected chi connectivity index (χ1v) is 11.4. The van der Waals surface area contributed by atoms with Crippen LogP contribution in [-0.4, -0.2) is 48.7 Å². The van der Waals surface area contributed by atoms with E-state index >= 15 is 0 Å². The Balaban J connectivity index is 2.16. The quantitative estimate of drug-likeness (QED) is 0.323. The van der Waals surface area contributed by atoms with Crippen molar-refractivity contribution in [2.45, 2.75) is 47.3 Å². The third kappa shape index (κ3) is 7.94. The van der Waals surface area contributed by atoms with Crippen LogP contribution < -0.4 is 0 Å². The van der Waals surface area contributed by atoms with Crippen LogP contribution in [-0.2, 0) is 11.3 Å². The van der Waals surface area contributed by atoms with E-state index in [4.69, 9.17) is 4.74 Å². The molecule has 1 heterocycles. The summed E-state index contributed by atoms with van der Waals surface area (Å²) in [5.74, 6) is 0.179. The zero-order valence-electron chi connectivity index (χ0n) is 20.5. The Bertz CT molecular complexity index is 893. The van der Waals surface area contributed by atoms with Gasteiger partial charge in [-0.1, -0.05) is 56.9 Å². The second kappa shape index (κ2) is 12.6. The normalized spacial score (nSPS) is 17.9. The SMILES string of the molecule is C=C=C(C1CN(C/C(C)=C/C=C(/F)C=C)CCO1)N(Cc1ccc(C)c(C)c1)CC(C)C. The largest absolute Gasteiger partial charge is 0.369 e. The number of ether oxygens (including phenoxy) is 1. The Hall–Kier alpha value is -2.39. The molecule has 174 valence electrons. The highest BCUT2D eigenvalue weighted by Crippen LogP contribution is 2.22. The monoisotopic (exact) mass is 438 g/mol. The van der Waals surface area contributed by atoms with Crippen LogP contribution in [0.4, 0.5) is 4.39 Å². The summed E-state index contributed by atoms with van der Waals surface area (Å²) in [7, 11) is 0. The van der Waals surface area contributed by atoms with Gasteiger partial charge in [0.1, 0.15) is 11.9 Å². The molecule has 0 N–H and O–H groups in total. The maximum absolute atomic E-state index is 13.3. The van der Waals surface area contributed by atoms with Crippen molar-refractivity contribution in [1.82, 2.24) is 9.80 Å². The van der Waals surface area contributed by atoms with Gasteiger partial charge in [-0.3, -0.25) is 4.90 Å². The van der Waals surface area contributed by atoms with Gasteiger partial charge in [0.25, 0.3) is 0 Å². The number of nitrogens with zero attached hydrogens (tertiary/aromatic N) is 2. The Morgan fingerprint density at radius 2 is 2.06 bits per heavy atom. The van der Waals surface area contributed by atoms with Crippen molar-refractivity contribution in [2.75, 3.05) is 32.8 Å². The lowest BCUT2D eigenvalue weighted by molar-refractivity contribution is -0.0201. The van der Waals surface area contributed by atoms with E-state index in [0.717, 1.165) is 44.0 Å². The summed E-state index contributed by atoms with van der Waals surface area (Å²) < 4.78 is 19.5. The zero-order valence-corrected chi connectivity index (χ0v) is 20.5. The summed E-state index contributed by atoms with van der Waals surface area (Å²) in [6.07, 6.45) is 4.41. The van der Waals surface area contributed by atoms with Crippen LogP contribution in [0.2, 0.25) is 0 Å². The highest BCUT2D eigenvalue weighted by Gasteiger charge is 2.27. The molecule has 1 unspecified atom stereocenters. The fraction of sp³-hybridized carbons (Fsp3) is 0.464. The molecule has 1 aromatic carbocycles. The highest BCUT2D eigenvalue weighted by molar-refractivity contribution is 5.30. The Labute approximate surface area is 194 Å². The zero-order chi connectivity index (χ0) is 23.7. The molecule has 1 atom stereocenters. The molecule has 4 heteroatoms. The van der Waals surface area contributed by atoms with Crippen LogP contribution in [0, 0.1) is 19.8 Å². The van der Waals surface area contributed by atoms with Gasteiger partial charge in [0.05, 0.1) is 12.3 Å². The minimum Gasteiger partial charge on any atom is -0.369 e. The van der Waals surface area contributed by atoms with Crippen molar-refractivity contribution in [2.24, 2.45) is 5.92 Å². The van der Waals surface area contributed by atoms with Crippen LogP contribution in [0.25, 0.3) is 0 Å². The van der Waals surface area contributed by atoms with Crippen LogP contribution in [0.1, 0.15) is 37.5 Å². The van der Waals surface area contributed by atoms with Crippen LogP contribution in [0.15, 0.2) is 72.4 Å². The minimum absolute atomic E-state index is 0.0835. The van der Waals surface area contributed by atoms with E-state index in [1.807, 2.05) is 13.0 Å². The smallest absolute Gasteiger partial charge is 0.122 e. The van der Waals surface area contributed by atoms with Gasteiger partial charge in [0.15, 0.2) is 0 Å². The topological polar surface area (TPSA) is 15.7 Å². The molecular formula is C28H39FN2O. The fourth-order valence-electron chi connectivity index (χ4n) is 3.95. The predicted molar refractivity (Wildman–Crippen MR) is 133 cm³/mol. The molecule has 32 heavy (non-hydrogen) atoms. The lowest BCUT2D eigenvalue weighted by Gasteiger charge is -2.38. The van der Waals surface area contributed by atoms with E-state index in [-0.39, 0.29) is 11.9 Å². The Morgan fingerprint density at radius 1 is 1.31 bits per heavy atom. The number of aryl methyl sites for hydroxylation is 2. The molecule has 0 aliphatic carbocycles. The molecule has 0 bridgehead atoms. The molecule has 0 aromatic heterocycles. The molecule has 1 fully saturated rings. The molecule has 1 aromatic rings. The first kappa shape index (κ1) is 25.9. The molecular weight excluding hydrogens is 399 g/mol. The van der Waals surface area contributed by atoms with Gasteiger partial charge in [0.2, 0.25) is 0 Å². The number of rotatable bonds is 10. The second-order valence-corrected chi connectivity index (χ2v) is 9.12. The molecule has 1 saturated heterocycles. The average Bonchev–Trinajstić information content (AvgIpc) is 2.75. The maximum atomic E-state index is 13.3. The van der Waals surface area contributed by atoms with Gasteiger partial charge < -0.3 is 9.64 Å². The van der Waals surface area contributed by atoms with E-state index in [9.17, 15) is 4.39 Å². The van der Waals surface area contributed by atoms with Crippen LogP contribution in [0.5, 0.6) is 0 Å². The fourth-order valence-corrected chi connectivity index (χ4v) is 3.95. The van der Waals surface area contributed by atoms with E-state index in [1.54, 1.807) is 0 Å². The number of benzene rings is 1. The van der Waals surface area contributed by atoms with Crippen LogP contribution in [0.3, 0.4) is 0 Å². The number of hydrogen-bond donors (Lipinski definition) is 0. The predicted octanol–water partition coefficient (Wildman–Crippen LogP) is 6.12. The summed E-state index contributed by atoms with van der Waals surface area (Å²) in [5.41, 5.74) is 9.21. The minimum atomic E-state index is -0.322. The first-order chi connectivity index (χ1) is 15.2. The van der Waals surface area contributed by atoms with Gasteiger partial charge in [-0.2, -0.15) is 0 Å².